The second-order valence-corrected chi connectivity index (χ2v) is 5.65. The molecule has 1 aromatic carbocycles. The van der Waals surface area contributed by atoms with Crippen molar-refractivity contribution in [3.05, 3.63) is 39.9 Å². The van der Waals surface area contributed by atoms with Crippen LogP contribution in [0, 0.1) is 0 Å². The molecule has 2 rings (SSSR count). The van der Waals surface area contributed by atoms with Crippen molar-refractivity contribution >= 4 is 33.5 Å². The second-order valence-electron chi connectivity index (χ2n) is 4.80. The van der Waals surface area contributed by atoms with E-state index in [0.717, 1.165) is 24.8 Å². The molecular weight excluding hydrogens is 322 g/mol. The molecule has 0 saturated heterocycles. The number of carbonyl (C=O) groups excluding carboxylic acids is 1. The number of hydrogen-bond donors (Lipinski definition) is 2. The van der Waals surface area contributed by atoms with E-state index in [2.05, 4.69) is 27.3 Å². The number of carbonyl (C=O) groups is 2. The van der Waals surface area contributed by atoms with E-state index in [9.17, 15) is 9.59 Å². The van der Waals surface area contributed by atoms with Gasteiger partial charge in [0.1, 0.15) is 0 Å². The van der Waals surface area contributed by atoms with E-state index in [1.807, 2.05) is 0 Å². The van der Waals surface area contributed by atoms with Crippen LogP contribution in [0.2, 0.25) is 0 Å². The molecule has 0 radical (unpaired) electrons. The molecule has 1 aliphatic rings. The maximum atomic E-state index is 12.0. The lowest BCUT2D eigenvalue weighted by Gasteiger charge is -2.14. The van der Waals surface area contributed by atoms with Gasteiger partial charge in [0.15, 0.2) is 0 Å². The highest BCUT2D eigenvalue weighted by Crippen LogP contribution is 2.27. The number of para-hydroxylation sites is 1. The summed E-state index contributed by atoms with van der Waals surface area (Å²) in [4.78, 5) is 23.2. The molecule has 5 heteroatoms. The zero-order chi connectivity index (χ0) is 14.5. The summed E-state index contributed by atoms with van der Waals surface area (Å²) in [7, 11) is 0. The highest BCUT2D eigenvalue weighted by molar-refractivity contribution is 9.10. The SMILES string of the molecule is O=C(CC1=CCCCC1)Nc1c(Br)cccc1C(=O)O. The Labute approximate surface area is 126 Å². The third-order valence-electron chi connectivity index (χ3n) is 3.28. The topological polar surface area (TPSA) is 66.4 Å². The lowest BCUT2D eigenvalue weighted by molar-refractivity contribution is -0.115. The van der Waals surface area contributed by atoms with Gasteiger partial charge in [-0.2, -0.15) is 0 Å². The average Bonchev–Trinajstić information content (AvgIpc) is 2.42. The molecule has 0 spiro atoms. The van der Waals surface area contributed by atoms with E-state index in [4.69, 9.17) is 5.11 Å². The summed E-state index contributed by atoms with van der Waals surface area (Å²) in [5.41, 5.74) is 1.55. The number of nitrogens with one attached hydrogen (secondary N) is 1. The molecule has 4 nitrogen and oxygen atoms in total. The number of carboxylic acids is 1. The van der Waals surface area contributed by atoms with E-state index >= 15 is 0 Å². The summed E-state index contributed by atoms with van der Waals surface area (Å²) in [5.74, 6) is -1.23. The van der Waals surface area contributed by atoms with Crippen molar-refractivity contribution in [2.24, 2.45) is 0 Å². The quantitative estimate of drug-likeness (QED) is 0.816. The van der Waals surface area contributed by atoms with E-state index in [0.29, 0.717) is 16.6 Å². The first kappa shape index (κ1) is 14.8. The highest BCUT2D eigenvalue weighted by Gasteiger charge is 2.16. The first-order valence-electron chi connectivity index (χ1n) is 6.57. The number of benzene rings is 1. The summed E-state index contributed by atoms with van der Waals surface area (Å²) in [6, 6.07) is 4.82. The molecule has 0 bridgehead atoms. The molecule has 0 heterocycles. The molecule has 106 valence electrons. The fraction of sp³-hybridized carbons (Fsp3) is 0.333. The van der Waals surface area contributed by atoms with Gasteiger partial charge in [0, 0.05) is 10.9 Å². The number of anilines is 1. The van der Waals surface area contributed by atoms with Gasteiger partial charge in [-0.05, 0) is 53.7 Å². The standard InChI is InChI=1S/C15H16BrNO3/c16-12-8-4-7-11(15(19)20)14(12)17-13(18)9-10-5-2-1-3-6-10/h4-5,7-8H,1-3,6,9H2,(H,17,18)(H,19,20). The number of allylic oxidation sites excluding steroid dienone is 1. The number of amides is 1. The molecule has 2 N–H and O–H groups in total. The predicted molar refractivity (Wildman–Crippen MR) is 80.9 cm³/mol. The van der Waals surface area contributed by atoms with Crippen LogP contribution in [-0.4, -0.2) is 17.0 Å². The van der Waals surface area contributed by atoms with Gasteiger partial charge in [-0.25, -0.2) is 4.79 Å². The lowest BCUT2D eigenvalue weighted by Crippen LogP contribution is -2.16. The molecule has 0 aliphatic heterocycles. The molecule has 0 fully saturated rings. The molecule has 0 saturated carbocycles. The van der Waals surface area contributed by atoms with Crippen LogP contribution in [0.1, 0.15) is 42.5 Å². The van der Waals surface area contributed by atoms with Gasteiger partial charge in [-0.15, -0.1) is 0 Å². The van der Waals surface area contributed by atoms with Gasteiger partial charge >= 0.3 is 5.97 Å². The molecule has 1 aromatic rings. The van der Waals surface area contributed by atoms with Gasteiger partial charge in [-0.1, -0.05) is 17.7 Å². The molecule has 1 amide bonds. The van der Waals surface area contributed by atoms with Gasteiger partial charge in [-0.3, -0.25) is 4.79 Å². The normalized spacial score (nSPS) is 14.6. The first-order valence-corrected chi connectivity index (χ1v) is 7.37. The fourth-order valence-electron chi connectivity index (χ4n) is 2.28. The second kappa shape index (κ2) is 6.70. The molecule has 0 atom stereocenters. The summed E-state index contributed by atoms with van der Waals surface area (Å²) in [6.45, 7) is 0. The van der Waals surface area contributed by atoms with Crippen LogP contribution in [0.25, 0.3) is 0 Å². The van der Waals surface area contributed by atoms with E-state index in [1.54, 1.807) is 12.1 Å². The minimum absolute atomic E-state index is 0.0883. The maximum absolute atomic E-state index is 12.0. The summed E-state index contributed by atoms with van der Waals surface area (Å²) >= 11 is 3.28. The van der Waals surface area contributed by atoms with E-state index in [-0.39, 0.29) is 11.5 Å². The van der Waals surface area contributed by atoms with Crippen molar-refractivity contribution in [3.8, 4) is 0 Å². The largest absolute Gasteiger partial charge is 0.478 e. The van der Waals surface area contributed by atoms with Crippen LogP contribution in [0.15, 0.2) is 34.3 Å². The molecular formula is C15H16BrNO3. The third kappa shape index (κ3) is 3.70. The van der Waals surface area contributed by atoms with Crippen molar-refractivity contribution in [1.82, 2.24) is 0 Å². The zero-order valence-electron chi connectivity index (χ0n) is 11.0. The Morgan fingerprint density at radius 3 is 2.75 bits per heavy atom. The Kier molecular flexibility index (Phi) is 4.95. The Morgan fingerprint density at radius 1 is 1.30 bits per heavy atom. The van der Waals surface area contributed by atoms with E-state index in [1.165, 1.54) is 12.5 Å². The lowest BCUT2D eigenvalue weighted by atomic mass is 9.97. The van der Waals surface area contributed by atoms with Crippen molar-refractivity contribution in [3.63, 3.8) is 0 Å². The Balaban J connectivity index is 2.11. The van der Waals surface area contributed by atoms with Crippen molar-refractivity contribution in [1.29, 1.82) is 0 Å². The highest BCUT2D eigenvalue weighted by atomic mass is 79.9. The summed E-state index contributed by atoms with van der Waals surface area (Å²) in [5, 5.41) is 11.8. The number of rotatable bonds is 4. The van der Waals surface area contributed by atoms with Crippen molar-refractivity contribution in [2.45, 2.75) is 32.1 Å². The van der Waals surface area contributed by atoms with Gasteiger partial charge < -0.3 is 10.4 Å². The molecule has 0 aromatic heterocycles. The number of halogens is 1. The van der Waals surface area contributed by atoms with Crippen molar-refractivity contribution in [2.75, 3.05) is 5.32 Å². The van der Waals surface area contributed by atoms with Gasteiger partial charge in [0.2, 0.25) is 5.91 Å². The number of aromatic carboxylic acids is 1. The van der Waals surface area contributed by atoms with E-state index < -0.39 is 5.97 Å². The minimum Gasteiger partial charge on any atom is -0.478 e. The minimum atomic E-state index is -1.06. The fourth-order valence-corrected chi connectivity index (χ4v) is 2.75. The van der Waals surface area contributed by atoms with Crippen LogP contribution in [0.4, 0.5) is 5.69 Å². The van der Waals surface area contributed by atoms with Crippen LogP contribution in [0.5, 0.6) is 0 Å². The van der Waals surface area contributed by atoms with Crippen LogP contribution < -0.4 is 5.32 Å². The van der Waals surface area contributed by atoms with Crippen LogP contribution >= 0.6 is 15.9 Å². The predicted octanol–water partition coefficient (Wildman–Crippen LogP) is 3.98. The maximum Gasteiger partial charge on any atom is 0.337 e. The average molecular weight is 338 g/mol. The monoisotopic (exact) mass is 337 g/mol. The van der Waals surface area contributed by atoms with Crippen LogP contribution in [-0.2, 0) is 4.79 Å². The smallest absolute Gasteiger partial charge is 0.337 e. The Morgan fingerprint density at radius 2 is 2.10 bits per heavy atom. The zero-order valence-corrected chi connectivity index (χ0v) is 12.6. The molecule has 0 unspecified atom stereocenters. The number of hydrogen-bond acceptors (Lipinski definition) is 2. The molecule has 20 heavy (non-hydrogen) atoms. The van der Waals surface area contributed by atoms with Gasteiger partial charge in [0.05, 0.1) is 11.3 Å². The Bertz CT molecular complexity index is 566. The number of carboxylic acid groups (broad SMARTS) is 1. The summed E-state index contributed by atoms with van der Waals surface area (Å²) < 4.78 is 0.573. The Hall–Kier alpha value is -1.62. The van der Waals surface area contributed by atoms with Crippen molar-refractivity contribution < 1.29 is 14.7 Å². The third-order valence-corrected chi connectivity index (χ3v) is 3.94. The summed E-state index contributed by atoms with van der Waals surface area (Å²) in [6.07, 6.45) is 6.72. The van der Waals surface area contributed by atoms with Gasteiger partial charge in [0.25, 0.3) is 0 Å². The van der Waals surface area contributed by atoms with Crippen LogP contribution in [0.3, 0.4) is 0 Å². The molecule has 1 aliphatic carbocycles. The first-order chi connectivity index (χ1) is 9.58.